The molecule has 46 heavy (non-hydrogen) atoms. The van der Waals surface area contributed by atoms with Crippen molar-refractivity contribution in [1.82, 2.24) is 10.9 Å². The molecular weight excluding hydrogens is 631 g/mol. The maximum Gasteiger partial charge on any atom is 0.343 e. The van der Waals surface area contributed by atoms with E-state index in [2.05, 4.69) is 21.1 Å². The third-order valence-corrected chi connectivity index (χ3v) is 7.68. The van der Waals surface area contributed by atoms with Crippen molar-refractivity contribution in [2.45, 2.75) is 19.3 Å². The van der Waals surface area contributed by atoms with Gasteiger partial charge in [0, 0.05) is 10.0 Å². The molecule has 0 atom stereocenters. The molecule has 0 aliphatic heterocycles. The topological polar surface area (TPSA) is 136 Å². The Bertz CT molecular complexity index is 1660. The van der Waals surface area contributed by atoms with Gasteiger partial charge in [-0.2, -0.15) is 10.2 Å². The van der Waals surface area contributed by atoms with Gasteiger partial charge in [-0.3, -0.25) is 9.59 Å². The SMILES string of the molecule is O=C(Oc1ccc(/C=N/NC(=O)C2(C(=O)N/N=C/c3ccc(OC(=O)c4ccc(Cl)cc4)cc3)CCC2)cc1)c1ccc(Cl)cc1. The zero-order valence-electron chi connectivity index (χ0n) is 24.1. The molecule has 0 bridgehead atoms. The van der Waals surface area contributed by atoms with Gasteiger partial charge in [0.15, 0.2) is 0 Å². The van der Waals surface area contributed by atoms with E-state index in [4.69, 9.17) is 32.7 Å². The third kappa shape index (κ3) is 8.03. The maximum absolute atomic E-state index is 12.9. The van der Waals surface area contributed by atoms with Crippen LogP contribution in [0.1, 0.15) is 51.1 Å². The van der Waals surface area contributed by atoms with E-state index in [1.807, 2.05) is 0 Å². The number of hydrogen-bond donors (Lipinski definition) is 2. The van der Waals surface area contributed by atoms with E-state index >= 15 is 0 Å². The molecule has 1 saturated carbocycles. The Balaban J connectivity index is 1.09. The summed E-state index contributed by atoms with van der Waals surface area (Å²) < 4.78 is 10.7. The Morgan fingerprint density at radius 3 is 1.28 bits per heavy atom. The van der Waals surface area contributed by atoms with Crippen molar-refractivity contribution in [1.29, 1.82) is 0 Å². The number of rotatable bonds is 10. The van der Waals surface area contributed by atoms with Crippen molar-refractivity contribution in [2.24, 2.45) is 15.6 Å². The van der Waals surface area contributed by atoms with Crippen LogP contribution >= 0.6 is 23.2 Å². The lowest BCUT2D eigenvalue weighted by atomic mass is 9.67. The number of carbonyl (C=O) groups excluding carboxylic acids is 4. The Morgan fingerprint density at radius 2 is 0.957 bits per heavy atom. The summed E-state index contributed by atoms with van der Waals surface area (Å²) in [7, 11) is 0. The Kier molecular flexibility index (Phi) is 10.2. The molecule has 1 fully saturated rings. The average Bonchev–Trinajstić information content (AvgIpc) is 3.03. The molecule has 12 heteroatoms. The first-order valence-corrected chi connectivity index (χ1v) is 14.8. The minimum Gasteiger partial charge on any atom is -0.423 e. The van der Waals surface area contributed by atoms with Gasteiger partial charge in [0.25, 0.3) is 11.8 Å². The quantitative estimate of drug-likeness (QED) is 0.0686. The van der Waals surface area contributed by atoms with Crippen LogP contribution in [0.4, 0.5) is 0 Å². The standard InChI is InChI=1S/C34H26Cl2N4O6/c35-26-10-6-24(7-11-26)30(41)45-28-14-2-22(3-15-28)20-37-39-32(43)34(18-1-19-34)33(44)40-38-21-23-4-16-29(17-5-23)46-31(42)25-8-12-27(36)13-9-25/h2-17,20-21H,1,18-19H2,(H,39,43)(H,40,44)/b37-20+,38-21+. The summed E-state index contributed by atoms with van der Waals surface area (Å²) >= 11 is 11.7. The molecule has 1 aliphatic rings. The van der Waals surface area contributed by atoms with Crippen molar-refractivity contribution < 1.29 is 28.7 Å². The molecule has 0 heterocycles. The molecule has 232 valence electrons. The number of amides is 2. The van der Waals surface area contributed by atoms with E-state index in [1.54, 1.807) is 97.1 Å². The predicted molar refractivity (Wildman–Crippen MR) is 173 cm³/mol. The molecule has 0 aromatic heterocycles. The highest BCUT2D eigenvalue weighted by molar-refractivity contribution is 6.31. The summed E-state index contributed by atoms with van der Waals surface area (Å²) in [5, 5.41) is 9.02. The van der Waals surface area contributed by atoms with Crippen LogP contribution in [0.2, 0.25) is 10.0 Å². The monoisotopic (exact) mass is 656 g/mol. The minimum atomic E-state index is -1.28. The van der Waals surface area contributed by atoms with Crippen LogP contribution in [0.3, 0.4) is 0 Å². The Morgan fingerprint density at radius 1 is 0.587 bits per heavy atom. The Hall–Kier alpha value is -5.32. The summed E-state index contributed by atoms with van der Waals surface area (Å²) in [6.07, 6.45) is 4.26. The van der Waals surface area contributed by atoms with Gasteiger partial charge in [-0.05, 0) is 121 Å². The van der Waals surface area contributed by atoms with Crippen molar-refractivity contribution >= 4 is 59.4 Å². The van der Waals surface area contributed by atoms with Gasteiger partial charge in [0.05, 0.1) is 23.6 Å². The van der Waals surface area contributed by atoms with Crippen LogP contribution in [0.15, 0.2) is 107 Å². The molecule has 2 N–H and O–H groups in total. The fourth-order valence-corrected chi connectivity index (χ4v) is 4.63. The van der Waals surface area contributed by atoms with E-state index in [0.717, 1.165) is 0 Å². The number of nitrogens with one attached hydrogen (secondary N) is 2. The van der Waals surface area contributed by atoms with Crippen LogP contribution in [0, 0.1) is 5.41 Å². The summed E-state index contributed by atoms with van der Waals surface area (Å²) in [4.78, 5) is 50.4. The van der Waals surface area contributed by atoms with Gasteiger partial charge in [-0.25, -0.2) is 20.4 Å². The highest BCUT2D eigenvalue weighted by atomic mass is 35.5. The van der Waals surface area contributed by atoms with Gasteiger partial charge in [-0.1, -0.05) is 29.6 Å². The smallest absolute Gasteiger partial charge is 0.343 e. The fourth-order valence-electron chi connectivity index (χ4n) is 4.38. The molecule has 0 spiro atoms. The van der Waals surface area contributed by atoms with Gasteiger partial charge in [0.1, 0.15) is 16.9 Å². The lowest BCUT2D eigenvalue weighted by molar-refractivity contribution is -0.149. The fraction of sp³-hybridized carbons (Fsp3) is 0.118. The van der Waals surface area contributed by atoms with Crippen molar-refractivity contribution in [3.63, 3.8) is 0 Å². The average molecular weight is 658 g/mol. The van der Waals surface area contributed by atoms with Gasteiger partial charge in [0.2, 0.25) is 0 Å². The number of hydrogen-bond acceptors (Lipinski definition) is 8. The first-order valence-electron chi connectivity index (χ1n) is 14.0. The molecule has 0 saturated heterocycles. The van der Waals surface area contributed by atoms with Crippen LogP contribution in [-0.2, 0) is 9.59 Å². The minimum absolute atomic E-state index is 0.334. The molecule has 2 amide bonds. The second-order valence-corrected chi connectivity index (χ2v) is 11.1. The van der Waals surface area contributed by atoms with Crippen molar-refractivity contribution in [2.75, 3.05) is 0 Å². The summed E-state index contributed by atoms with van der Waals surface area (Å²) in [5.41, 5.74) is 5.60. The number of hydrazone groups is 2. The maximum atomic E-state index is 12.9. The highest BCUT2D eigenvalue weighted by Crippen LogP contribution is 2.41. The zero-order chi connectivity index (χ0) is 32.5. The normalized spacial score (nSPS) is 13.5. The van der Waals surface area contributed by atoms with Crippen LogP contribution < -0.4 is 20.3 Å². The Labute approximate surface area is 274 Å². The van der Waals surface area contributed by atoms with Gasteiger partial charge >= 0.3 is 11.9 Å². The summed E-state index contributed by atoms with van der Waals surface area (Å²) in [6, 6.07) is 25.7. The molecule has 4 aromatic rings. The predicted octanol–water partition coefficient (Wildman–Crippen LogP) is 6.20. The van der Waals surface area contributed by atoms with E-state index in [-0.39, 0.29) is 0 Å². The summed E-state index contributed by atoms with van der Waals surface area (Å²) in [6.45, 7) is 0. The second kappa shape index (κ2) is 14.6. The van der Waals surface area contributed by atoms with Crippen LogP contribution in [0.5, 0.6) is 11.5 Å². The van der Waals surface area contributed by atoms with Gasteiger partial charge in [-0.15, -0.1) is 0 Å². The third-order valence-electron chi connectivity index (χ3n) is 7.18. The summed E-state index contributed by atoms with van der Waals surface area (Å²) in [5.74, 6) is -1.46. The van der Waals surface area contributed by atoms with Crippen molar-refractivity contribution in [3.05, 3.63) is 129 Å². The molecular formula is C34H26Cl2N4O6. The van der Waals surface area contributed by atoms with Crippen LogP contribution in [0.25, 0.3) is 0 Å². The van der Waals surface area contributed by atoms with E-state index < -0.39 is 29.2 Å². The lowest BCUT2D eigenvalue weighted by Crippen LogP contribution is -2.53. The first-order chi connectivity index (χ1) is 22.2. The van der Waals surface area contributed by atoms with Crippen molar-refractivity contribution in [3.8, 4) is 11.5 Å². The number of ether oxygens (including phenoxy) is 2. The lowest BCUT2D eigenvalue weighted by Gasteiger charge is -2.36. The second-order valence-electron chi connectivity index (χ2n) is 10.3. The molecule has 1 aliphatic carbocycles. The largest absolute Gasteiger partial charge is 0.423 e. The molecule has 10 nitrogen and oxygen atoms in total. The molecule has 0 radical (unpaired) electrons. The number of benzene rings is 4. The number of carbonyl (C=O) groups is 4. The van der Waals surface area contributed by atoms with E-state index in [0.29, 0.717) is 63.1 Å². The number of nitrogens with zero attached hydrogens (tertiary/aromatic N) is 2. The first kappa shape index (κ1) is 32.1. The molecule has 0 unspecified atom stereocenters. The van der Waals surface area contributed by atoms with Gasteiger partial charge < -0.3 is 9.47 Å². The van der Waals surface area contributed by atoms with Crippen LogP contribution in [-0.4, -0.2) is 36.2 Å². The highest BCUT2D eigenvalue weighted by Gasteiger charge is 2.51. The zero-order valence-corrected chi connectivity index (χ0v) is 25.6. The van der Waals surface area contributed by atoms with E-state index in [9.17, 15) is 19.2 Å². The molecule has 5 rings (SSSR count). The molecule has 4 aromatic carbocycles. The number of esters is 2. The number of halogens is 2. The van der Waals surface area contributed by atoms with E-state index in [1.165, 1.54) is 12.4 Å².